The van der Waals surface area contributed by atoms with Gasteiger partial charge in [-0.25, -0.2) is 4.39 Å². The summed E-state index contributed by atoms with van der Waals surface area (Å²) in [5.74, 6) is 0.395. The van der Waals surface area contributed by atoms with Crippen LogP contribution in [0.1, 0.15) is 34.3 Å². The topological polar surface area (TPSA) is 36.0 Å². The molecule has 2 heterocycles. The van der Waals surface area contributed by atoms with Crippen molar-refractivity contribution >= 4 is 23.4 Å². The van der Waals surface area contributed by atoms with Gasteiger partial charge >= 0.3 is 0 Å². The third kappa shape index (κ3) is 3.95. The third-order valence-corrected chi connectivity index (χ3v) is 7.82. The molecule has 184 valence electrons. The average molecular weight is 484 g/mol. The summed E-state index contributed by atoms with van der Waals surface area (Å²) in [6, 6.07) is 21.1. The van der Waals surface area contributed by atoms with E-state index in [0.29, 0.717) is 24.4 Å². The van der Waals surface area contributed by atoms with E-state index in [9.17, 15) is 9.18 Å². The van der Waals surface area contributed by atoms with Gasteiger partial charge in [0.15, 0.2) is 0 Å². The van der Waals surface area contributed by atoms with Crippen LogP contribution in [0.2, 0.25) is 0 Å². The number of carbonyl (C=O) groups excluding carboxylic acids is 1. The molecule has 2 fully saturated rings. The zero-order chi connectivity index (χ0) is 24.7. The van der Waals surface area contributed by atoms with Crippen LogP contribution in [-0.2, 0) is 5.54 Å². The molecule has 0 atom stereocenters. The highest BCUT2D eigenvalue weighted by molar-refractivity contribution is 5.98. The molecule has 0 bridgehead atoms. The molecule has 1 saturated heterocycles. The second-order valence-electron chi connectivity index (χ2n) is 9.77. The molecule has 0 unspecified atom stereocenters. The molecule has 1 aliphatic carbocycles. The molecular weight excluding hydrogens is 453 g/mol. The van der Waals surface area contributed by atoms with Crippen LogP contribution >= 0.6 is 0 Å². The van der Waals surface area contributed by atoms with Gasteiger partial charge in [-0.3, -0.25) is 9.69 Å². The molecule has 6 heteroatoms. The van der Waals surface area contributed by atoms with Crippen molar-refractivity contribution in [2.75, 3.05) is 44.7 Å². The van der Waals surface area contributed by atoms with Crippen LogP contribution in [-0.4, -0.2) is 55.5 Å². The van der Waals surface area contributed by atoms with Crippen molar-refractivity contribution < 1.29 is 13.9 Å². The fraction of sp³-hybridized carbons (Fsp3) is 0.300. The van der Waals surface area contributed by atoms with Crippen LogP contribution in [0.3, 0.4) is 0 Å². The predicted octanol–water partition coefficient (Wildman–Crippen LogP) is 5.45. The number of anilines is 2. The van der Waals surface area contributed by atoms with Crippen LogP contribution in [0.15, 0.2) is 72.8 Å². The summed E-state index contributed by atoms with van der Waals surface area (Å²) >= 11 is 0. The Balaban J connectivity index is 1.17. The highest BCUT2D eigenvalue weighted by Crippen LogP contribution is 2.51. The number of fused-ring (bicyclic) bond motifs is 1. The van der Waals surface area contributed by atoms with E-state index in [1.54, 1.807) is 19.2 Å². The van der Waals surface area contributed by atoms with Gasteiger partial charge in [-0.15, -0.1) is 0 Å². The van der Waals surface area contributed by atoms with E-state index in [1.165, 1.54) is 11.1 Å². The quantitative estimate of drug-likeness (QED) is 0.484. The van der Waals surface area contributed by atoms with Crippen molar-refractivity contribution in [3.8, 4) is 5.75 Å². The van der Waals surface area contributed by atoms with Crippen molar-refractivity contribution in [1.29, 1.82) is 0 Å². The fourth-order valence-electron chi connectivity index (χ4n) is 5.70. The molecule has 2 aliphatic heterocycles. The number of amides is 1. The first-order valence-corrected chi connectivity index (χ1v) is 12.6. The maximum Gasteiger partial charge on any atom is 0.257 e. The lowest BCUT2D eigenvalue weighted by Gasteiger charge is -2.40. The summed E-state index contributed by atoms with van der Waals surface area (Å²) in [7, 11) is 1.62. The average Bonchev–Trinajstić information content (AvgIpc) is 3.74. The Hall–Kier alpha value is -3.64. The predicted molar refractivity (Wildman–Crippen MR) is 140 cm³/mol. The Morgan fingerprint density at radius 1 is 0.944 bits per heavy atom. The largest absolute Gasteiger partial charge is 0.496 e. The van der Waals surface area contributed by atoms with E-state index < -0.39 is 0 Å². The van der Waals surface area contributed by atoms with Crippen LogP contribution in [0.4, 0.5) is 15.8 Å². The molecule has 36 heavy (non-hydrogen) atoms. The molecule has 0 aromatic heterocycles. The highest BCUT2D eigenvalue weighted by atomic mass is 19.1. The molecule has 1 amide bonds. The van der Waals surface area contributed by atoms with Crippen molar-refractivity contribution in [2.45, 2.75) is 18.4 Å². The number of nitrogens with zero attached hydrogens (tertiary/aromatic N) is 3. The zero-order valence-electron chi connectivity index (χ0n) is 20.5. The summed E-state index contributed by atoms with van der Waals surface area (Å²) in [5, 5.41) is 0. The monoisotopic (exact) mass is 483 g/mol. The molecule has 1 saturated carbocycles. The van der Waals surface area contributed by atoms with Gasteiger partial charge < -0.3 is 14.5 Å². The molecular formula is C30H30FN3O2. The Kier molecular flexibility index (Phi) is 5.76. The van der Waals surface area contributed by atoms with E-state index in [0.717, 1.165) is 43.9 Å². The highest BCUT2D eigenvalue weighted by Gasteiger charge is 2.50. The SMILES string of the molecule is COc1cc(N2CC=Cc3ccccc32)ccc1C(=O)N1CCN(C2(c3ccc(F)cc3)CC2)CC1. The second-order valence-corrected chi connectivity index (χ2v) is 9.77. The lowest BCUT2D eigenvalue weighted by atomic mass is 10.0. The minimum atomic E-state index is -0.203. The lowest BCUT2D eigenvalue weighted by molar-refractivity contribution is 0.0528. The van der Waals surface area contributed by atoms with Crippen LogP contribution < -0.4 is 9.64 Å². The Morgan fingerprint density at radius 3 is 2.42 bits per heavy atom. The van der Waals surface area contributed by atoms with Gasteiger partial charge in [0.1, 0.15) is 11.6 Å². The molecule has 0 spiro atoms. The number of hydrogen-bond acceptors (Lipinski definition) is 4. The number of methoxy groups -OCH3 is 1. The van der Waals surface area contributed by atoms with Gasteiger partial charge in [-0.2, -0.15) is 0 Å². The second kappa shape index (κ2) is 9.10. The first kappa shape index (κ1) is 22.8. The van der Waals surface area contributed by atoms with E-state index in [2.05, 4.69) is 34.1 Å². The van der Waals surface area contributed by atoms with Gasteiger partial charge in [0.25, 0.3) is 5.91 Å². The van der Waals surface area contributed by atoms with Crippen molar-refractivity contribution in [1.82, 2.24) is 9.80 Å². The molecule has 5 nitrogen and oxygen atoms in total. The van der Waals surface area contributed by atoms with Crippen molar-refractivity contribution in [3.63, 3.8) is 0 Å². The summed E-state index contributed by atoms with van der Waals surface area (Å²) in [5.41, 5.74) is 5.09. The molecule has 0 N–H and O–H groups in total. The summed E-state index contributed by atoms with van der Waals surface area (Å²) in [6.45, 7) is 3.71. The van der Waals surface area contributed by atoms with E-state index in [-0.39, 0.29) is 17.3 Å². The van der Waals surface area contributed by atoms with Gasteiger partial charge in [0.05, 0.1) is 12.7 Å². The van der Waals surface area contributed by atoms with Gasteiger partial charge in [-0.1, -0.05) is 42.5 Å². The number of carbonyl (C=O) groups is 1. The summed E-state index contributed by atoms with van der Waals surface area (Å²) < 4.78 is 19.1. The van der Waals surface area contributed by atoms with Crippen molar-refractivity contribution in [3.05, 3.63) is 95.3 Å². The van der Waals surface area contributed by atoms with Crippen LogP contribution in [0, 0.1) is 5.82 Å². The zero-order valence-corrected chi connectivity index (χ0v) is 20.5. The Bertz CT molecular complexity index is 1310. The first-order valence-electron chi connectivity index (χ1n) is 12.6. The Morgan fingerprint density at radius 2 is 1.69 bits per heavy atom. The summed E-state index contributed by atoms with van der Waals surface area (Å²) in [4.78, 5) is 20.1. The van der Waals surface area contributed by atoms with Gasteiger partial charge in [0, 0.05) is 55.7 Å². The van der Waals surface area contributed by atoms with Crippen LogP contribution in [0.25, 0.3) is 6.08 Å². The molecule has 6 rings (SSSR count). The molecule has 3 aliphatic rings. The number of benzene rings is 3. The lowest BCUT2D eigenvalue weighted by Crippen LogP contribution is -2.52. The normalized spacial score (nSPS) is 18.6. The maximum absolute atomic E-state index is 13.5. The fourth-order valence-corrected chi connectivity index (χ4v) is 5.70. The number of piperazine rings is 1. The Labute approximate surface area is 211 Å². The smallest absolute Gasteiger partial charge is 0.257 e. The molecule has 0 radical (unpaired) electrons. The molecule has 3 aromatic carbocycles. The first-order chi connectivity index (χ1) is 17.6. The maximum atomic E-state index is 13.5. The minimum Gasteiger partial charge on any atom is -0.496 e. The number of halogens is 1. The number of para-hydroxylation sites is 1. The van der Waals surface area contributed by atoms with E-state index in [1.807, 2.05) is 47.4 Å². The third-order valence-electron chi connectivity index (χ3n) is 7.82. The van der Waals surface area contributed by atoms with Crippen LogP contribution in [0.5, 0.6) is 5.75 Å². The number of hydrogen-bond donors (Lipinski definition) is 0. The minimum absolute atomic E-state index is 0.00135. The van der Waals surface area contributed by atoms with E-state index >= 15 is 0 Å². The number of rotatable bonds is 5. The molecule has 3 aromatic rings. The standard InChI is InChI=1S/C30H30FN3O2/c1-36-28-21-25(34-16-4-6-22-5-2-3-7-27(22)34)12-13-26(28)29(35)32-17-19-33(20-18-32)30(14-15-30)23-8-10-24(31)11-9-23/h2-13,21H,14-20H2,1H3. The number of ether oxygens (including phenoxy) is 1. The van der Waals surface area contributed by atoms with Crippen molar-refractivity contribution in [2.24, 2.45) is 0 Å². The van der Waals surface area contributed by atoms with Gasteiger partial charge in [-0.05, 0) is 54.3 Å². The van der Waals surface area contributed by atoms with E-state index in [4.69, 9.17) is 4.74 Å². The summed E-state index contributed by atoms with van der Waals surface area (Å²) in [6.07, 6.45) is 6.45. The van der Waals surface area contributed by atoms with Gasteiger partial charge in [0.2, 0.25) is 0 Å².